The van der Waals surface area contributed by atoms with E-state index in [2.05, 4.69) is 16.7 Å². The third kappa shape index (κ3) is 2.70. The monoisotopic (exact) mass is 284 g/mol. The van der Waals surface area contributed by atoms with Crippen LogP contribution in [0.3, 0.4) is 0 Å². The highest BCUT2D eigenvalue weighted by Gasteiger charge is 2.42. The van der Waals surface area contributed by atoms with Gasteiger partial charge in [-0.2, -0.15) is 16.9 Å². The highest BCUT2D eigenvalue weighted by Crippen LogP contribution is 2.47. The molecular formula is C12H20N4O2S. The second-order valence-electron chi connectivity index (χ2n) is 5.32. The molecule has 6 nitrogen and oxygen atoms in total. The molecule has 0 aromatic carbocycles. The molecule has 0 aliphatic heterocycles. The molecule has 0 radical (unpaired) electrons. The molecule has 0 bridgehead atoms. The molecule has 1 saturated carbocycles. The molecule has 2 rings (SSSR count). The minimum Gasteiger partial charge on any atom is -0.363 e. The van der Waals surface area contributed by atoms with Crippen molar-refractivity contribution in [3.05, 3.63) is 15.8 Å². The van der Waals surface area contributed by atoms with E-state index in [1.807, 2.05) is 25.6 Å². The summed E-state index contributed by atoms with van der Waals surface area (Å²) in [5.74, 6) is 0.540. The molecule has 19 heavy (non-hydrogen) atoms. The third-order valence-electron chi connectivity index (χ3n) is 3.54. The molecule has 1 aliphatic rings. The Balaban J connectivity index is 2.28. The molecule has 0 amide bonds. The lowest BCUT2D eigenvalue weighted by atomic mass is 10.3. The van der Waals surface area contributed by atoms with Crippen molar-refractivity contribution in [3.63, 3.8) is 0 Å². The summed E-state index contributed by atoms with van der Waals surface area (Å²) in [5, 5.41) is 18.7. The maximum Gasteiger partial charge on any atom is 0.333 e. The lowest BCUT2D eigenvalue weighted by molar-refractivity contribution is -0.384. The van der Waals surface area contributed by atoms with Gasteiger partial charge in [0.2, 0.25) is 5.82 Å². The van der Waals surface area contributed by atoms with Gasteiger partial charge >= 0.3 is 5.69 Å². The van der Waals surface area contributed by atoms with E-state index in [-0.39, 0.29) is 21.4 Å². The van der Waals surface area contributed by atoms with Crippen LogP contribution < -0.4 is 5.32 Å². The van der Waals surface area contributed by atoms with Crippen LogP contribution in [-0.2, 0) is 0 Å². The Morgan fingerprint density at radius 1 is 1.58 bits per heavy atom. The van der Waals surface area contributed by atoms with Crippen molar-refractivity contribution in [2.45, 2.75) is 44.4 Å². The van der Waals surface area contributed by atoms with E-state index in [1.165, 1.54) is 12.8 Å². The van der Waals surface area contributed by atoms with Gasteiger partial charge < -0.3 is 5.32 Å². The molecule has 0 atom stereocenters. The second-order valence-corrected chi connectivity index (χ2v) is 6.59. The number of aryl methyl sites for hydroxylation is 1. The minimum absolute atomic E-state index is 0.0966. The van der Waals surface area contributed by atoms with Crippen LogP contribution in [0.5, 0.6) is 0 Å². The number of anilines is 1. The first-order valence-corrected chi connectivity index (χ1v) is 7.65. The maximum absolute atomic E-state index is 11.2. The van der Waals surface area contributed by atoms with Gasteiger partial charge in [-0.3, -0.25) is 10.1 Å². The van der Waals surface area contributed by atoms with Crippen molar-refractivity contribution < 1.29 is 4.92 Å². The van der Waals surface area contributed by atoms with Crippen LogP contribution in [0.15, 0.2) is 0 Å². The molecule has 1 fully saturated rings. The Bertz CT molecular complexity index is 494. The topological polar surface area (TPSA) is 73.0 Å². The number of hydrogen-bond donors (Lipinski definition) is 1. The second kappa shape index (κ2) is 5.03. The predicted octanol–water partition coefficient (Wildman–Crippen LogP) is 2.99. The molecule has 1 heterocycles. The summed E-state index contributed by atoms with van der Waals surface area (Å²) >= 11 is 1.83. The molecule has 1 aliphatic carbocycles. The fourth-order valence-corrected chi connectivity index (χ4v) is 2.86. The molecule has 1 N–H and O–H groups in total. The van der Waals surface area contributed by atoms with Crippen LogP contribution in [0.25, 0.3) is 0 Å². The predicted molar refractivity (Wildman–Crippen MR) is 78.0 cm³/mol. The summed E-state index contributed by atoms with van der Waals surface area (Å²) in [6.45, 7) is 6.39. The summed E-state index contributed by atoms with van der Waals surface area (Å²) in [6, 6.07) is 0.0966. The number of hydrogen-bond acceptors (Lipinski definition) is 5. The first-order valence-electron chi connectivity index (χ1n) is 6.43. The summed E-state index contributed by atoms with van der Waals surface area (Å²) < 4.78 is 1.97. The molecule has 0 spiro atoms. The Kier molecular flexibility index (Phi) is 3.75. The van der Waals surface area contributed by atoms with Gasteiger partial charge in [-0.1, -0.05) is 0 Å². The third-order valence-corrected chi connectivity index (χ3v) is 4.96. The molecule has 106 valence electrons. The number of rotatable bonds is 6. The van der Waals surface area contributed by atoms with E-state index < -0.39 is 0 Å². The molecular weight excluding hydrogens is 264 g/mol. The SMILES string of the molecule is CSC1(CNc2c([N+](=O)[O-])c(C)nn2C(C)C)CC1. The number of thioether (sulfide) groups is 1. The van der Waals surface area contributed by atoms with E-state index in [4.69, 9.17) is 0 Å². The van der Waals surface area contributed by atoms with Crippen LogP contribution in [-0.4, -0.2) is 32.3 Å². The highest BCUT2D eigenvalue weighted by molar-refractivity contribution is 8.00. The molecule has 7 heteroatoms. The van der Waals surface area contributed by atoms with Gasteiger partial charge in [0.15, 0.2) is 0 Å². The van der Waals surface area contributed by atoms with Crippen LogP contribution in [0.4, 0.5) is 11.5 Å². The van der Waals surface area contributed by atoms with Gasteiger partial charge in [-0.05, 0) is 39.9 Å². The van der Waals surface area contributed by atoms with Crippen molar-refractivity contribution in [1.82, 2.24) is 9.78 Å². The van der Waals surface area contributed by atoms with Crippen LogP contribution in [0, 0.1) is 17.0 Å². The van der Waals surface area contributed by atoms with Gasteiger partial charge in [0.05, 0.1) is 4.92 Å². The first-order chi connectivity index (χ1) is 8.90. The lowest BCUT2D eigenvalue weighted by Gasteiger charge is -2.16. The number of nitrogens with one attached hydrogen (secondary N) is 1. The van der Waals surface area contributed by atoms with Crippen LogP contribution in [0.1, 0.15) is 38.4 Å². The smallest absolute Gasteiger partial charge is 0.333 e. The van der Waals surface area contributed by atoms with Gasteiger partial charge in [0.1, 0.15) is 5.69 Å². The average molecular weight is 284 g/mol. The van der Waals surface area contributed by atoms with Crippen LogP contribution >= 0.6 is 11.8 Å². The van der Waals surface area contributed by atoms with Crippen molar-refractivity contribution in [3.8, 4) is 0 Å². The van der Waals surface area contributed by atoms with E-state index in [0.717, 1.165) is 6.54 Å². The Hall–Kier alpha value is -1.24. The Morgan fingerprint density at radius 3 is 2.63 bits per heavy atom. The van der Waals surface area contributed by atoms with Gasteiger partial charge in [0, 0.05) is 17.3 Å². The van der Waals surface area contributed by atoms with E-state index in [0.29, 0.717) is 11.5 Å². The number of aromatic nitrogens is 2. The summed E-state index contributed by atoms with van der Waals surface area (Å²) in [4.78, 5) is 10.9. The standard InChI is InChI=1S/C12H20N4O2S/c1-8(2)15-11(10(16(17)18)9(3)14-15)13-7-12(19-4)5-6-12/h8,13H,5-7H2,1-4H3. The summed E-state index contributed by atoms with van der Waals surface area (Å²) in [7, 11) is 0. The number of nitrogens with zero attached hydrogens (tertiary/aromatic N) is 3. The van der Waals surface area contributed by atoms with Crippen molar-refractivity contribution in [2.24, 2.45) is 0 Å². The molecule has 1 aromatic rings. The molecule has 0 unspecified atom stereocenters. The first kappa shape index (κ1) is 14.2. The Morgan fingerprint density at radius 2 is 2.21 bits per heavy atom. The molecule has 1 aromatic heterocycles. The minimum atomic E-state index is -0.345. The normalized spacial score (nSPS) is 16.7. The average Bonchev–Trinajstić information content (AvgIpc) is 3.04. The largest absolute Gasteiger partial charge is 0.363 e. The van der Waals surface area contributed by atoms with E-state index in [1.54, 1.807) is 11.6 Å². The van der Waals surface area contributed by atoms with E-state index in [9.17, 15) is 10.1 Å². The zero-order chi connectivity index (χ0) is 14.2. The van der Waals surface area contributed by atoms with Crippen LogP contribution in [0.2, 0.25) is 0 Å². The fourth-order valence-electron chi connectivity index (χ4n) is 2.13. The van der Waals surface area contributed by atoms with Crippen molar-refractivity contribution in [2.75, 3.05) is 18.1 Å². The summed E-state index contributed by atoms with van der Waals surface area (Å²) in [5.41, 5.74) is 0.570. The number of nitro groups is 1. The molecule has 0 saturated heterocycles. The van der Waals surface area contributed by atoms with E-state index >= 15 is 0 Å². The lowest BCUT2D eigenvalue weighted by Crippen LogP contribution is -2.20. The zero-order valence-electron chi connectivity index (χ0n) is 11.8. The fraction of sp³-hybridized carbons (Fsp3) is 0.750. The van der Waals surface area contributed by atoms with Gasteiger partial charge in [-0.15, -0.1) is 0 Å². The van der Waals surface area contributed by atoms with Gasteiger partial charge in [-0.25, -0.2) is 4.68 Å². The zero-order valence-corrected chi connectivity index (χ0v) is 12.6. The van der Waals surface area contributed by atoms with Crippen molar-refractivity contribution in [1.29, 1.82) is 0 Å². The highest BCUT2D eigenvalue weighted by atomic mass is 32.2. The maximum atomic E-state index is 11.2. The van der Waals surface area contributed by atoms with Gasteiger partial charge in [0.25, 0.3) is 0 Å². The quantitative estimate of drug-likeness (QED) is 0.642. The van der Waals surface area contributed by atoms with Crippen molar-refractivity contribution >= 4 is 23.3 Å². The Labute approximate surface area is 117 Å². The summed E-state index contributed by atoms with van der Waals surface area (Å²) in [6.07, 6.45) is 4.43.